The Kier molecular flexibility index (Phi) is 5.75. The molecule has 0 unspecified atom stereocenters. The fraction of sp³-hybridized carbons (Fsp3) is 0.0952. The van der Waals surface area contributed by atoms with Crippen LogP contribution in [0.15, 0.2) is 83.8 Å². The Labute approximate surface area is 163 Å². The van der Waals surface area contributed by atoms with Gasteiger partial charge in [-0.05, 0) is 67.6 Å². The molecule has 0 radical (unpaired) electrons. The lowest BCUT2D eigenvalue weighted by molar-refractivity contribution is 0.102. The number of para-hydroxylation sites is 1. The lowest BCUT2D eigenvalue weighted by Gasteiger charge is -2.23. The van der Waals surface area contributed by atoms with Gasteiger partial charge in [-0.15, -0.1) is 0 Å². The number of nitrogens with zero attached hydrogens (tertiary/aromatic N) is 1. The smallest absolute Gasteiger partial charge is 0.264 e. The second-order valence-electron chi connectivity index (χ2n) is 5.99. The molecule has 0 saturated heterocycles. The van der Waals surface area contributed by atoms with Crippen LogP contribution in [0.25, 0.3) is 0 Å². The molecule has 0 heterocycles. The molecule has 0 bridgehead atoms. The van der Waals surface area contributed by atoms with Crippen LogP contribution < -0.4 is 9.62 Å². The van der Waals surface area contributed by atoms with Gasteiger partial charge in [0.05, 0.1) is 10.6 Å². The standard InChI is InChI=1S/C21H19FN2O3S/c1-2-24(19-6-4-3-5-7-19)28(26,27)20-14-12-18(13-15-20)23-21(25)16-8-10-17(22)11-9-16/h3-15H,2H2,1H3,(H,23,25). The maximum atomic E-state index is 13.0. The van der Waals surface area contributed by atoms with E-state index in [1.807, 2.05) is 6.07 Å². The molecule has 3 aromatic rings. The number of carbonyl (C=O) groups is 1. The zero-order chi connectivity index (χ0) is 20.1. The Bertz CT molecular complexity index is 1050. The molecule has 3 aromatic carbocycles. The summed E-state index contributed by atoms with van der Waals surface area (Å²) in [5, 5.41) is 2.66. The van der Waals surface area contributed by atoms with Crippen LogP contribution in [-0.2, 0) is 10.0 Å². The van der Waals surface area contributed by atoms with Gasteiger partial charge < -0.3 is 5.32 Å². The van der Waals surface area contributed by atoms with Gasteiger partial charge in [0, 0.05) is 17.8 Å². The van der Waals surface area contributed by atoms with E-state index in [4.69, 9.17) is 0 Å². The fourth-order valence-electron chi connectivity index (χ4n) is 2.73. The first kappa shape index (κ1) is 19.6. The van der Waals surface area contributed by atoms with Gasteiger partial charge in [-0.1, -0.05) is 18.2 Å². The first-order valence-electron chi connectivity index (χ1n) is 8.66. The SMILES string of the molecule is CCN(c1ccccc1)S(=O)(=O)c1ccc(NC(=O)c2ccc(F)cc2)cc1. The molecule has 0 aliphatic rings. The van der Waals surface area contributed by atoms with Gasteiger partial charge in [0.15, 0.2) is 0 Å². The van der Waals surface area contributed by atoms with Crippen molar-refractivity contribution in [1.29, 1.82) is 0 Å². The Morgan fingerprint density at radius 2 is 1.54 bits per heavy atom. The number of hydrogen-bond donors (Lipinski definition) is 1. The molecule has 0 saturated carbocycles. The summed E-state index contributed by atoms with van der Waals surface area (Å²) in [5.74, 6) is -0.833. The van der Waals surface area contributed by atoms with Gasteiger partial charge in [-0.3, -0.25) is 9.10 Å². The minimum Gasteiger partial charge on any atom is -0.322 e. The number of benzene rings is 3. The molecule has 144 valence electrons. The fourth-order valence-corrected chi connectivity index (χ4v) is 4.20. The highest BCUT2D eigenvalue weighted by Gasteiger charge is 2.23. The molecule has 0 aliphatic heterocycles. The first-order valence-corrected chi connectivity index (χ1v) is 10.1. The number of amides is 1. The summed E-state index contributed by atoms with van der Waals surface area (Å²) in [4.78, 5) is 12.3. The lowest BCUT2D eigenvalue weighted by atomic mass is 10.2. The van der Waals surface area contributed by atoms with Gasteiger partial charge in [0.1, 0.15) is 5.82 Å². The van der Waals surface area contributed by atoms with Crippen LogP contribution in [0.4, 0.5) is 15.8 Å². The minimum atomic E-state index is -3.73. The number of carbonyl (C=O) groups excluding carboxylic acids is 1. The summed E-state index contributed by atoms with van der Waals surface area (Å²) in [5.41, 5.74) is 1.33. The topological polar surface area (TPSA) is 66.5 Å². The normalized spacial score (nSPS) is 11.1. The molecule has 1 N–H and O–H groups in total. The van der Waals surface area contributed by atoms with Gasteiger partial charge in [0.2, 0.25) is 0 Å². The monoisotopic (exact) mass is 398 g/mol. The van der Waals surface area contributed by atoms with Crippen LogP contribution in [-0.4, -0.2) is 20.9 Å². The van der Waals surface area contributed by atoms with E-state index < -0.39 is 21.7 Å². The third-order valence-electron chi connectivity index (χ3n) is 4.14. The lowest BCUT2D eigenvalue weighted by Crippen LogP contribution is -2.30. The van der Waals surface area contributed by atoms with Crippen molar-refractivity contribution in [3.63, 3.8) is 0 Å². The van der Waals surface area contributed by atoms with Gasteiger partial charge in [0.25, 0.3) is 15.9 Å². The molecule has 7 heteroatoms. The molecule has 3 rings (SSSR count). The number of hydrogen-bond acceptors (Lipinski definition) is 3. The molecule has 0 atom stereocenters. The number of anilines is 2. The number of sulfonamides is 1. The summed E-state index contributed by atoms with van der Waals surface area (Å²) < 4.78 is 40.2. The molecular formula is C21H19FN2O3S. The molecule has 0 spiro atoms. The van der Waals surface area contributed by atoms with Crippen LogP contribution >= 0.6 is 0 Å². The Morgan fingerprint density at radius 3 is 2.11 bits per heavy atom. The Morgan fingerprint density at radius 1 is 0.929 bits per heavy atom. The summed E-state index contributed by atoms with van der Waals surface area (Å²) >= 11 is 0. The number of halogens is 1. The van der Waals surface area contributed by atoms with Crippen molar-refractivity contribution < 1.29 is 17.6 Å². The Balaban J connectivity index is 1.79. The van der Waals surface area contributed by atoms with E-state index in [1.165, 1.54) is 52.8 Å². The van der Waals surface area contributed by atoms with E-state index in [0.29, 0.717) is 16.9 Å². The van der Waals surface area contributed by atoms with Crippen molar-refractivity contribution in [2.75, 3.05) is 16.2 Å². The molecule has 0 aliphatic carbocycles. The molecule has 0 fully saturated rings. The quantitative estimate of drug-likeness (QED) is 0.673. The van der Waals surface area contributed by atoms with E-state index in [0.717, 1.165) is 0 Å². The minimum absolute atomic E-state index is 0.123. The van der Waals surface area contributed by atoms with Crippen molar-refractivity contribution in [2.45, 2.75) is 11.8 Å². The summed E-state index contributed by atoms with van der Waals surface area (Å²) in [7, 11) is -3.73. The summed E-state index contributed by atoms with van der Waals surface area (Å²) in [6.45, 7) is 2.05. The van der Waals surface area contributed by atoms with Crippen LogP contribution in [0.1, 0.15) is 17.3 Å². The zero-order valence-electron chi connectivity index (χ0n) is 15.2. The highest BCUT2D eigenvalue weighted by molar-refractivity contribution is 7.92. The predicted molar refractivity (Wildman–Crippen MR) is 107 cm³/mol. The first-order chi connectivity index (χ1) is 13.4. The van der Waals surface area contributed by atoms with E-state index in [1.54, 1.807) is 31.2 Å². The highest BCUT2D eigenvalue weighted by Crippen LogP contribution is 2.24. The van der Waals surface area contributed by atoms with E-state index >= 15 is 0 Å². The second kappa shape index (κ2) is 8.22. The number of nitrogens with one attached hydrogen (secondary N) is 1. The molecule has 1 amide bonds. The van der Waals surface area contributed by atoms with E-state index in [2.05, 4.69) is 5.32 Å². The van der Waals surface area contributed by atoms with Crippen LogP contribution in [0, 0.1) is 5.82 Å². The van der Waals surface area contributed by atoms with Crippen molar-refractivity contribution in [1.82, 2.24) is 0 Å². The van der Waals surface area contributed by atoms with Gasteiger partial charge in [-0.2, -0.15) is 0 Å². The average molecular weight is 398 g/mol. The third kappa shape index (κ3) is 4.20. The van der Waals surface area contributed by atoms with E-state index in [-0.39, 0.29) is 11.4 Å². The van der Waals surface area contributed by atoms with Gasteiger partial charge in [-0.25, -0.2) is 12.8 Å². The number of rotatable bonds is 6. The molecular weight excluding hydrogens is 379 g/mol. The predicted octanol–water partition coefficient (Wildman–Crippen LogP) is 4.29. The van der Waals surface area contributed by atoms with Crippen LogP contribution in [0.3, 0.4) is 0 Å². The largest absolute Gasteiger partial charge is 0.322 e. The maximum Gasteiger partial charge on any atom is 0.264 e. The molecule has 0 aromatic heterocycles. The maximum absolute atomic E-state index is 13.0. The Hall–Kier alpha value is -3.19. The van der Waals surface area contributed by atoms with Crippen LogP contribution in [0.2, 0.25) is 0 Å². The van der Waals surface area contributed by atoms with E-state index in [9.17, 15) is 17.6 Å². The molecule has 28 heavy (non-hydrogen) atoms. The highest BCUT2D eigenvalue weighted by atomic mass is 32.2. The van der Waals surface area contributed by atoms with Crippen molar-refractivity contribution in [3.05, 3.63) is 90.2 Å². The van der Waals surface area contributed by atoms with Crippen LogP contribution in [0.5, 0.6) is 0 Å². The third-order valence-corrected chi connectivity index (χ3v) is 6.06. The van der Waals surface area contributed by atoms with Gasteiger partial charge >= 0.3 is 0 Å². The zero-order valence-corrected chi connectivity index (χ0v) is 16.0. The second-order valence-corrected chi connectivity index (χ2v) is 7.85. The molecule has 5 nitrogen and oxygen atoms in total. The summed E-state index contributed by atoms with van der Waals surface area (Å²) in [6.07, 6.45) is 0. The van der Waals surface area contributed by atoms with Crippen molar-refractivity contribution >= 4 is 27.3 Å². The van der Waals surface area contributed by atoms with Crippen molar-refractivity contribution in [2.24, 2.45) is 0 Å². The summed E-state index contributed by atoms with van der Waals surface area (Å²) in [6, 6.07) is 19.9. The van der Waals surface area contributed by atoms with Crippen molar-refractivity contribution in [3.8, 4) is 0 Å². The average Bonchev–Trinajstić information content (AvgIpc) is 2.70.